The number of amides is 1. The first-order chi connectivity index (χ1) is 13.6. The van der Waals surface area contributed by atoms with Crippen LogP contribution >= 0.6 is 0 Å². The molecule has 2 heterocycles. The number of aromatic nitrogens is 2. The molecule has 1 aliphatic heterocycles. The van der Waals surface area contributed by atoms with Crippen LogP contribution in [0.5, 0.6) is 5.75 Å². The van der Waals surface area contributed by atoms with Gasteiger partial charge in [-0.3, -0.25) is 4.79 Å². The van der Waals surface area contributed by atoms with Crippen molar-refractivity contribution in [3.63, 3.8) is 0 Å². The molecule has 3 aromatic rings. The average molecular weight is 377 g/mol. The zero-order chi connectivity index (χ0) is 19.7. The molecule has 0 radical (unpaired) electrons. The summed E-state index contributed by atoms with van der Waals surface area (Å²) in [5.41, 5.74) is 2.90. The van der Waals surface area contributed by atoms with Crippen LogP contribution in [0, 0.1) is 0 Å². The molecule has 1 unspecified atom stereocenters. The Labute approximate surface area is 164 Å². The maximum absolute atomic E-state index is 12.6. The summed E-state index contributed by atoms with van der Waals surface area (Å²) >= 11 is 0. The second kappa shape index (κ2) is 7.46. The Morgan fingerprint density at radius 3 is 2.79 bits per heavy atom. The van der Waals surface area contributed by atoms with E-state index in [1.807, 2.05) is 41.3 Å². The highest BCUT2D eigenvalue weighted by atomic mass is 16.5. The van der Waals surface area contributed by atoms with Gasteiger partial charge in [-0.1, -0.05) is 43.3 Å². The van der Waals surface area contributed by atoms with E-state index in [0.29, 0.717) is 36.3 Å². The lowest BCUT2D eigenvalue weighted by molar-refractivity contribution is -0.117. The molecule has 1 atom stereocenters. The summed E-state index contributed by atoms with van der Waals surface area (Å²) < 4.78 is 10.9. The lowest BCUT2D eigenvalue weighted by Crippen LogP contribution is -2.24. The van der Waals surface area contributed by atoms with Crippen molar-refractivity contribution in [3.05, 3.63) is 60.0 Å². The van der Waals surface area contributed by atoms with Gasteiger partial charge < -0.3 is 14.2 Å². The highest BCUT2D eigenvalue weighted by Crippen LogP contribution is 2.34. The van der Waals surface area contributed by atoms with Crippen molar-refractivity contribution in [2.24, 2.45) is 0 Å². The molecule has 0 bridgehead atoms. The van der Waals surface area contributed by atoms with Crippen LogP contribution in [0.25, 0.3) is 11.4 Å². The second-order valence-electron chi connectivity index (χ2n) is 7.31. The van der Waals surface area contributed by atoms with Crippen molar-refractivity contribution >= 4 is 11.6 Å². The van der Waals surface area contributed by atoms with Crippen molar-refractivity contribution < 1.29 is 14.1 Å². The Bertz CT molecular complexity index is 996. The van der Waals surface area contributed by atoms with Crippen molar-refractivity contribution in [1.82, 2.24) is 10.1 Å². The van der Waals surface area contributed by atoms with Crippen LogP contribution in [0.3, 0.4) is 0 Å². The Morgan fingerprint density at radius 1 is 1.18 bits per heavy atom. The number of carbonyl (C=O) groups is 1. The zero-order valence-electron chi connectivity index (χ0n) is 16.3. The topological polar surface area (TPSA) is 68.5 Å². The van der Waals surface area contributed by atoms with E-state index >= 15 is 0 Å². The molecule has 0 saturated carbocycles. The first kappa shape index (κ1) is 18.2. The molecule has 0 aliphatic carbocycles. The average Bonchev–Trinajstić information content (AvgIpc) is 3.35. The van der Waals surface area contributed by atoms with Crippen LogP contribution in [0.4, 0.5) is 5.69 Å². The monoisotopic (exact) mass is 377 g/mol. The molecule has 0 N–H and O–H groups in total. The SMILES string of the molecule is COc1ccccc1-c1noc(C2CC(=O)N(c3cccc(C(C)C)c3)C2)n1. The normalized spacial score (nSPS) is 16.8. The highest BCUT2D eigenvalue weighted by molar-refractivity contribution is 5.96. The van der Waals surface area contributed by atoms with E-state index in [4.69, 9.17) is 9.26 Å². The smallest absolute Gasteiger partial charge is 0.232 e. The predicted molar refractivity (Wildman–Crippen MR) is 107 cm³/mol. The van der Waals surface area contributed by atoms with Gasteiger partial charge in [-0.05, 0) is 35.7 Å². The molecule has 1 aliphatic rings. The number of anilines is 1. The van der Waals surface area contributed by atoms with E-state index < -0.39 is 0 Å². The fourth-order valence-electron chi connectivity index (χ4n) is 3.51. The number of carbonyl (C=O) groups excluding carboxylic acids is 1. The third kappa shape index (κ3) is 3.38. The van der Waals surface area contributed by atoms with E-state index in [0.717, 1.165) is 11.3 Å². The summed E-state index contributed by atoms with van der Waals surface area (Å²) in [5.74, 6) is 2.00. The van der Waals surface area contributed by atoms with Gasteiger partial charge in [0.2, 0.25) is 17.6 Å². The second-order valence-corrected chi connectivity index (χ2v) is 7.31. The maximum Gasteiger partial charge on any atom is 0.232 e. The number of para-hydroxylation sites is 1. The minimum absolute atomic E-state index is 0.0722. The van der Waals surface area contributed by atoms with E-state index in [1.54, 1.807) is 7.11 Å². The van der Waals surface area contributed by atoms with Crippen LogP contribution in [0.15, 0.2) is 53.1 Å². The summed E-state index contributed by atoms with van der Waals surface area (Å²) in [6.07, 6.45) is 0.361. The Morgan fingerprint density at radius 2 is 2.00 bits per heavy atom. The van der Waals surface area contributed by atoms with Crippen LogP contribution in [-0.2, 0) is 4.79 Å². The summed E-state index contributed by atoms with van der Waals surface area (Å²) in [6.45, 7) is 4.82. The molecular weight excluding hydrogens is 354 g/mol. The number of ether oxygens (including phenoxy) is 1. The molecule has 28 heavy (non-hydrogen) atoms. The first-order valence-corrected chi connectivity index (χ1v) is 9.44. The molecule has 2 aromatic carbocycles. The molecule has 1 aromatic heterocycles. The van der Waals surface area contributed by atoms with Crippen molar-refractivity contribution in [1.29, 1.82) is 0 Å². The highest BCUT2D eigenvalue weighted by Gasteiger charge is 2.35. The molecule has 0 spiro atoms. The number of hydrogen-bond donors (Lipinski definition) is 0. The van der Waals surface area contributed by atoms with Gasteiger partial charge in [0.15, 0.2) is 0 Å². The van der Waals surface area contributed by atoms with E-state index in [9.17, 15) is 4.79 Å². The van der Waals surface area contributed by atoms with Gasteiger partial charge in [-0.2, -0.15) is 4.98 Å². The minimum atomic E-state index is -0.119. The number of hydrogen-bond acceptors (Lipinski definition) is 5. The summed E-state index contributed by atoms with van der Waals surface area (Å²) in [7, 11) is 1.61. The van der Waals surface area contributed by atoms with Gasteiger partial charge in [0.05, 0.1) is 18.6 Å². The fourth-order valence-corrected chi connectivity index (χ4v) is 3.51. The molecule has 1 fully saturated rings. The molecule has 144 valence electrons. The van der Waals surface area contributed by atoms with Crippen LogP contribution in [0.1, 0.15) is 43.6 Å². The Balaban J connectivity index is 1.57. The lowest BCUT2D eigenvalue weighted by atomic mass is 10.0. The van der Waals surface area contributed by atoms with E-state index in [-0.39, 0.29) is 11.8 Å². The molecule has 6 nitrogen and oxygen atoms in total. The fraction of sp³-hybridized carbons (Fsp3) is 0.318. The summed E-state index contributed by atoms with van der Waals surface area (Å²) in [6, 6.07) is 15.7. The molecule has 1 saturated heterocycles. The van der Waals surface area contributed by atoms with Crippen LogP contribution < -0.4 is 9.64 Å². The predicted octanol–water partition coefficient (Wildman–Crippen LogP) is 4.39. The third-order valence-electron chi connectivity index (χ3n) is 5.11. The van der Waals surface area contributed by atoms with Gasteiger partial charge >= 0.3 is 0 Å². The molecule has 6 heteroatoms. The minimum Gasteiger partial charge on any atom is -0.496 e. The standard InChI is InChI=1S/C22H23N3O3/c1-14(2)15-7-6-8-17(11-15)25-13-16(12-20(25)26)22-23-21(24-28-22)18-9-4-5-10-19(18)27-3/h4-11,14,16H,12-13H2,1-3H3. The summed E-state index contributed by atoms with van der Waals surface area (Å²) in [4.78, 5) is 19.0. The van der Waals surface area contributed by atoms with Gasteiger partial charge in [0, 0.05) is 18.7 Å². The van der Waals surface area contributed by atoms with Crippen molar-refractivity contribution in [2.75, 3.05) is 18.6 Å². The maximum atomic E-state index is 12.6. The third-order valence-corrected chi connectivity index (χ3v) is 5.11. The van der Waals surface area contributed by atoms with Gasteiger partial charge in [-0.15, -0.1) is 0 Å². The van der Waals surface area contributed by atoms with Gasteiger partial charge in [0.25, 0.3) is 0 Å². The molecular formula is C22H23N3O3. The number of rotatable bonds is 5. The lowest BCUT2D eigenvalue weighted by Gasteiger charge is -2.18. The van der Waals surface area contributed by atoms with Crippen LogP contribution in [0.2, 0.25) is 0 Å². The Hall–Kier alpha value is -3.15. The zero-order valence-corrected chi connectivity index (χ0v) is 16.3. The summed E-state index contributed by atoms with van der Waals surface area (Å²) in [5, 5.41) is 4.10. The molecule has 4 rings (SSSR count). The van der Waals surface area contributed by atoms with Crippen molar-refractivity contribution in [2.45, 2.75) is 32.1 Å². The largest absolute Gasteiger partial charge is 0.496 e. The van der Waals surface area contributed by atoms with Gasteiger partial charge in [0.1, 0.15) is 5.75 Å². The number of benzene rings is 2. The molecule has 1 amide bonds. The number of nitrogens with zero attached hydrogens (tertiary/aromatic N) is 3. The van der Waals surface area contributed by atoms with E-state index in [2.05, 4.69) is 36.1 Å². The van der Waals surface area contributed by atoms with Gasteiger partial charge in [-0.25, -0.2) is 0 Å². The first-order valence-electron chi connectivity index (χ1n) is 9.44. The van der Waals surface area contributed by atoms with Crippen molar-refractivity contribution in [3.8, 4) is 17.1 Å². The quantitative estimate of drug-likeness (QED) is 0.660. The van der Waals surface area contributed by atoms with E-state index in [1.165, 1.54) is 5.56 Å². The van der Waals surface area contributed by atoms with Crippen LogP contribution in [-0.4, -0.2) is 29.7 Å². The number of methoxy groups -OCH3 is 1. The Kier molecular flexibility index (Phi) is 4.86.